The maximum absolute atomic E-state index is 12.9. The SMILES string of the molecule is CCCCc1c(OC(=O)c2ccc3ccccc3c2)c2ccccc2oc1=O. The first-order valence-corrected chi connectivity index (χ1v) is 9.43. The Hall–Kier alpha value is -3.40. The first-order valence-electron chi connectivity index (χ1n) is 9.43. The highest BCUT2D eigenvalue weighted by atomic mass is 16.5. The molecule has 0 N–H and O–H groups in total. The molecule has 4 rings (SSSR count). The maximum Gasteiger partial charge on any atom is 0.343 e. The molecule has 4 heteroatoms. The van der Waals surface area contributed by atoms with Gasteiger partial charge < -0.3 is 9.15 Å². The fourth-order valence-electron chi connectivity index (χ4n) is 3.31. The third-order valence-electron chi connectivity index (χ3n) is 4.82. The van der Waals surface area contributed by atoms with E-state index in [1.165, 1.54) is 0 Å². The fraction of sp³-hybridized carbons (Fsp3) is 0.167. The van der Waals surface area contributed by atoms with Gasteiger partial charge >= 0.3 is 11.6 Å². The molecule has 1 aromatic heterocycles. The average Bonchev–Trinajstić information content (AvgIpc) is 2.73. The van der Waals surface area contributed by atoms with Crippen molar-refractivity contribution in [1.82, 2.24) is 0 Å². The Morgan fingerprint density at radius 3 is 2.54 bits per heavy atom. The molecule has 0 aliphatic carbocycles. The molecule has 0 aliphatic heterocycles. The molecule has 0 atom stereocenters. The molecule has 0 amide bonds. The van der Waals surface area contributed by atoms with E-state index in [-0.39, 0.29) is 0 Å². The Labute approximate surface area is 162 Å². The van der Waals surface area contributed by atoms with Crippen LogP contribution >= 0.6 is 0 Å². The van der Waals surface area contributed by atoms with Gasteiger partial charge in [-0.1, -0.05) is 55.8 Å². The summed E-state index contributed by atoms with van der Waals surface area (Å²) in [7, 11) is 0. The molecule has 0 bridgehead atoms. The van der Waals surface area contributed by atoms with Crippen LogP contribution in [0.15, 0.2) is 75.9 Å². The van der Waals surface area contributed by atoms with E-state index in [2.05, 4.69) is 0 Å². The van der Waals surface area contributed by atoms with Crippen LogP contribution in [0.5, 0.6) is 5.75 Å². The summed E-state index contributed by atoms with van der Waals surface area (Å²) >= 11 is 0. The van der Waals surface area contributed by atoms with E-state index in [9.17, 15) is 9.59 Å². The first-order chi connectivity index (χ1) is 13.7. The zero-order valence-electron chi connectivity index (χ0n) is 15.6. The van der Waals surface area contributed by atoms with Crippen LogP contribution in [0.1, 0.15) is 35.7 Å². The summed E-state index contributed by atoms with van der Waals surface area (Å²) < 4.78 is 11.2. The van der Waals surface area contributed by atoms with Gasteiger partial charge in [-0.25, -0.2) is 9.59 Å². The van der Waals surface area contributed by atoms with Crippen molar-refractivity contribution in [3.8, 4) is 5.75 Å². The monoisotopic (exact) mass is 372 g/mol. The van der Waals surface area contributed by atoms with Gasteiger partial charge in [-0.3, -0.25) is 0 Å². The highest BCUT2D eigenvalue weighted by Crippen LogP contribution is 2.29. The Kier molecular flexibility index (Phi) is 4.94. The van der Waals surface area contributed by atoms with Crippen LogP contribution in [0.4, 0.5) is 0 Å². The van der Waals surface area contributed by atoms with E-state index in [1.54, 1.807) is 30.3 Å². The third kappa shape index (κ3) is 3.41. The Balaban J connectivity index is 1.78. The Morgan fingerprint density at radius 2 is 1.71 bits per heavy atom. The van der Waals surface area contributed by atoms with E-state index >= 15 is 0 Å². The highest BCUT2D eigenvalue weighted by molar-refractivity contribution is 5.98. The molecule has 140 valence electrons. The minimum absolute atomic E-state index is 0.304. The van der Waals surface area contributed by atoms with Crippen molar-refractivity contribution >= 4 is 27.7 Å². The van der Waals surface area contributed by atoms with Crippen molar-refractivity contribution in [1.29, 1.82) is 0 Å². The van der Waals surface area contributed by atoms with Crippen LogP contribution in [-0.4, -0.2) is 5.97 Å². The second kappa shape index (κ2) is 7.69. The lowest BCUT2D eigenvalue weighted by Crippen LogP contribution is -2.15. The molecule has 0 spiro atoms. The molecular formula is C24H20O4. The van der Waals surface area contributed by atoms with Crippen LogP contribution < -0.4 is 10.4 Å². The lowest BCUT2D eigenvalue weighted by atomic mass is 10.1. The summed E-state index contributed by atoms with van der Waals surface area (Å²) in [5.41, 5.74) is 0.815. The maximum atomic E-state index is 12.9. The number of rotatable bonds is 5. The standard InChI is InChI=1S/C24H20O4/c1-2-3-10-20-22(19-11-6-7-12-21(19)27-24(20)26)28-23(25)18-14-13-16-8-4-5-9-17(16)15-18/h4-9,11-15H,2-3,10H2,1H3. The van der Waals surface area contributed by atoms with Gasteiger partial charge in [0.2, 0.25) is 0 Å². The largest absolute Gasteiger partial charge is 0.422 e. The number of esters is 1. The minimum Gasteiger partial charge on any atom is -0.422 e. The van der Waals surface area contributed by atoms with E-state index in [4.69, 9.17) is 9.15 Å². The highest BCUT2D eigenvalue weighted by Gasteiger charge is 2.19. The zero-order valence-corrected chi connectivity index (χ0v) is 15.6. The molecule has 28 heavy (non-hydrogen) atoms. The molecule has 0 aliphatic rings. The molecule has 4 aromatic rings. The van der Waals surface area contributed by atoms with E-state index in [1.807, 2.05) is 43.3 Å². The number of carbonyl (C=O) groups is 1. The lowest BCUT2D eigenvalue weighted by Gasteiger charge is -2.12. The van der Waals surface area contributed by atoms with Gasteiger partial charge in [-0.05, 0) is 47.9 Å². The summed E-state index contributed by atoms with van der Waals surface area (Å²) in [4.78, 5) is 25.4. The summed E-state index contributed by atoms with van der Waals surface area (Å²) in [5, 5.41) is 2.64. The number of hydrogen-bond acceptors (Lipinski definition) is 4. The van der Waals surface area contributed by atoms with Gasteiger partial charge in [0.1, 0.15) is 5.58 Å². The number of unbranched alkanes of at least 4 members (excludes halogenated alkanes) is 1. The van der Waals surface area contributed by atoms with Crippen molar-refractivity contribution in [3.05, 3.63) is 88.3 Å². The van der Waals surface area contributed by atoms with E-state index in [0.29, 0.717) is 34.3 Å². The number of hydrogen-bond donors (Lipinski definition) is 0. The van der Waals surface area contributed by atoms with Gasteiger partial charge in [0, 0.05) is 0 Å². The van der Waals surface area contributed by atoms with Crippen LogP contribution in [0.25, 0.3) is 21.7 Å². The predicted octanol–water partition coefficient (Wildman–Crippen LogP) is 5.51. The van der Waals surface area contributed by atoms with E-state index < -0.39 is 11.6 Å². The van der Waals surface area contributed by atoms with Crippen LogP contribution in [-0.2, 0) is 6.42 Å². The van der Waals surface area contributed by atoms with Crippen LogP contribution in [0, 0.1) is 0 Å². The van der Waals surface area contributed by atoms with Crippen LogP contribution in [0.3, 0.4) is 0 Å². The van der Waals surface area contributed by atoms with Gasteiger partial charge in [0.05, 0.1) is 16.5 Å². The van der Waals surface area contributed by atoms with Gasteiger partial charge in [-0.15, -0.1) is 0 Å². The number of fused-ring (bicyclic) bond motifs is 2. The van der Waals surface area contributed by atoms with Gasteiger partial charge in [0.25, 0.3) is 0 Å². The van der Waals surface area contributed by atoms with Crippen molar-refractivity contribution in [2.45, 2.75) is 26.2 Å². The number of ether oxygens (including phenoxy) is 1. The second-order valence-corrected chi connectivity index (χ2v) is 6.75. The lowest BCUT2D eigenvalue weighted by molar-refractivity contribution is 0.0735. The summed E-state index contributed by atoms with van der Waals surface area (Å²) in [6.45, 7) is 2.05. The normalized spacial score (nSPS) is 11.0. The first kappa shape index (κ1) is 18.0. The number of benzene rings is 3. The van der Waals surface area contributed by atoms with Crippen molar-refractivity contribution < 1.29 is 13.9 Å². The average molecular weight is 372 g/mol. The third-order valence-corrected chi connectivity index (χ3v) is 4.82. The van der Waals surface area contributed by atoms with E-state index in [0.717, 1.165) is 23.6 Å². The molecule has 0 saturated heterocycles. The Morgan fingerprint density at radius 1 is 0.964 bits per heavy atom. The topological polar surface area (TPSA) is 56.5 Å². The van der Waals surface area contributed by atoms with Gasteiger partial charge in [-0.2, -0.15) is 0 Å². The number of carbonyl (C=O) groups excluding carboxylic acids is 1. The van der Waals surface area contributed by atoms with Gasteiger partial charge in [0.15, 0.2) is 5.75 Å². The molecule has 0 saturated carbocycles. The minimum atomic E-state index is -0.487. The van der Waals surface area contributed by atoms with Crippen LogP contribution in [0.2, 0.25) is 0 Å². The summed E-state index contributed by atoms with van der Waals surface area (Å²) in [6.07, 6.45) is 2.23. The number of para-hydroxylation sites is 1. The molecule has 0 unspecified atom stereocenters. The smallest absolute Gasteiger partial charge is 0.343 e. The molecular weight excluding hydrogens is 352 g/mol. The summed E-state index contributed by atoms with van der Waals surface area (Å²) in [6, 6.07) is 20.4. The molecule has 1 heterocycles. The Bertz CT molecular complexity index is 1220. The molecule has 4 nitrogen and oxygen atoms in total. The predicted molar refractivity (Wildman–Crippen MR) is 110 cm³/mol. The zero-order chi connectivity index (χ0) is 19.5. The second-order valence-electron chi connectivity index (χ2n) is 6.75. The molecule has 0 radical (unpaired) electrons. The quantitative estimate of drug-likeness (QED) is 0.342. The summed E-state index contributed by atoms with van der Waals surface area (Å²) in [5.74, 6) is -0.183. The van der Waals surface area contributed by atoms with Crippen molar-refractivity contribution in [2.24, 2.45) is 0 Å². The molecule has 3 aromatic carbocycles. The van der Waals surface area contributed by atoms with Crippen molar-refractivity contribution in [2.75, 3.05) is 0 Å². The fourth-order valence-corrected chi connectivity index (χ4v) is 3.31. The van der Waals surface area contributed by atoms with Crippen molar-refractivity contribution in [3.63, 3.8) is 0 Å². The molecule has 0 fully saturated rings.